The number of carbonyl (C=O) groups excluding carboxylic acids is 3. The number of amides is 4. The summed E-state index contributed by atoms with van der Waals surface area (Å²) in [7, 11) is 0. The highest BCUT2D eigenvalue weighted by Gasteiger charge is 2.49. The zero-order valence-corrected chi connectivity index (χ0v) is 15.2. The predicted octanol–water partition coefficient (Wildman–Crippen LogP) is 2.67. The van der Waals surface area contributed by atoms with Crippen molar-refractivity contribution in [2.75, 3.05) is 6.54 Å². The van der Waals surface area contributed by atoms with Crippen LogP contribution in [0.25, 0.3) is 0 Å². The van der Waals surface area contributed by atoms with E-state index in [0.29, 0.717) is 16.3 Å². The van der Waals surface area contributed by atoms with Gasteiger partial charge in [0.1, 0.15) is 17.8 Å². The molecule has 136 valence electrons. The summed E-state index contributed by atoms with van der Waals surface area (Å²) >= 11 is 11.9. The Balaban J connectivity index is 1.71. The van der Waals surface area contributed by atoms with Crippen molar-refractivity contribution in [3.05, 3.63) is 58.0 Å². The second-order valence-electron chi connectivity index (χ2n) is 5.93. The molecule has 0 saturated carbocycles. The Morgan fingerprint density at radius 1 is 1.27 bits per heavy atom. The van der Waals surface area contributed by atoms with Crippen molar-refractivity contribution < 1.29 is 18.8 Å². The van der Waals surface area contributed by atoms with Crippen LogP contribution in [0.5, 0.6) is 0 Å². The lowest BCUT2D eigenvalue weighted by Crippen LogP contribution is -2.43. The fraction of sp³-hybridized carbons (Fsp3) is 0.235. The number of furan rings is 1. The first kappa shape index (κ1) is 18.3. The molecule has 1 aliphatic heterocycles. The van der Waals surface area contributed by atoms with Crippen molar-refractivity contribution in [1.29, 1.82) is 0 Å². The summed E-state index contributed by atoms with van der Waals surface area (Å²) in [5.74, 6) is -0.464. The Labute approximate surface area is 159 Å². The van der Waals surface area contributed by atoms with Crippen molar-refractivity contribution in [2.24, 2.45) is 0 Å². The second-order valence-corrected chi connectivity index (χ2v) is 6.75. The zero-order chi connectivity index (χ0) is 18.9. The summed E-state index contributed by atoms with van der Waals surface area (Å²) in [6, 6.07) is 7.41. The van der Waals surface area contributed by atoms with Gasteiger partial charge in [-0.05, 0) is 36.8 Å². The lowest BCUT2D eigenvalue weighted by atomic mass is 9.92. The third-order valence-electron chi connectivity index (χ3n) is 4.11. The van der Waals surface area contributed by atoms with Gasteiger partial charge in [-0.25, -0.2) is 4.79 Å². The summed E-state index contributed by atoms with van der Waals surface area (Å²) in [5, 5.41) is 5.80. The normalized spacial score (nSPS) is 19.6. The average Bonchev–Trinajstić information content (AvgIpc) is 3.19. The van der Waals surface area contributed by atoms with Crippen molar-refractivity contribution in [3.63, 3.8) is 0 Å². The van der Waals surface area contributed by atoms with Gasteiger partial charge in [-0.2, -0.15) is 0 Å². The van der Waals surface area contributed by atoms with E-state index in [4.69, 9.17) is 27.6 Å². The molecule has 2 heterocycles. The maximum Gasteiger partial charge on any atom is 0.325 e. The third-order valence-corrected chi connectivity index (χ3v) is 4.85. The molecule has 1 aromatic heterocycles. The number of hydrogen-bond acceptors (Lipinski definition) is 4. The van der Waals surface area contributed by atoms with E-state index >= 15 is 0 Å². The number of carbonyl (C=O) groups is 3. The molecular formula is C17H15Cl2N3O4. The molecule has 1 saturated heterocycles. The van der Waals surface area contributed by atoms with Gasteiger partial charge in [0.2, 0.25) is 5.91 Å². The molecule has 2 N–H and O–H groups in total. The Morgan fingerprint density at radius 3 is 2.69 bits per heavy atom. The Morgan fingerprint density at radius 2 is 2.04 bits per heavy atom. The van der Waals surface area contributed by atoms with Crippen LogP contribution in [0.4, 0.5) is 4.79 Å². The molecule has 26 heavy (non-hydrogen) atoms. The fourth-order valence-electron chi connectivity index (χ4n) is 2.64. The molecule has 3 rings (SSSR count). The van der Waals surface area contributed by atoms with Gasteiger partial charge < -0.3 is 15.1 Å². The van der Waals surface area contributed by atoms with Crippen LogP contribution in [0, 0.1) is 0 Å². The minimum Gasteiger partial charge on any atom is -0.467 e. The molecule has 9 heteroatoms. The highest BCUT2D eigenvalue weighted by atomic mass is 35.5. The minimum atomic E-state index is -1.33. The van der Waals surface area contributed by atoms with E-state index in [1.54, 1.807) is 31.2 Å². The van der Waals surface area contributed by atoms with Crippen LogP contribution in [0.1, 0.15) is 18.2 Å². The summed E-state index contributed by atoms with van der Waals surface area (Å²) in [5.41, 5.74) is -0.851. The topological polar surface area (TPSA) is 91.7 Å². The van der Waals surface area contributed by atoms with Gasteiger partial charge >= 0.3 is 6.03 Å². The van der Waals surface area contributed by atoms with Crippen LogP contribution in [0.2, 0.25) is 10.0 Å². The van der Waals surface area contributed by atoms with E-state index in [1.165, 1.54) is 12.3 Å². The first-order valence-corrected chi connectivity index (χ1v) is 8.45. The van der Waals surface area contributed by atoms with Gasteiger partial charge in [-0.1, -0.05) is 29.3 Å². The molecule has 0 unspecified atom stereocenters. The molecule has 4 amide bonds. The first-order valence-electron chi connectivity index (χ1n) is 7.70. The Bertz CT molecular complexity index is 869. The van der Waals surface area contributed by atoms with Crippen molar-refractivity contribution >= 4 is 41.0 Å². The summed E-state index contributed by atoms with van der Waals surface area (Å²) in [4.78, 5) is 37.9. The number of urea groups is 1. The molecule has 1 atom stereocenters. The lowest BCUT2D eigenvalue weighted by Gasteiger charge is -2.22. The van der Waals surface area contributed by atoms with Crippen molar-refractivity contribution in [1.82, 2.24) is 15.5 Å². The number of nitrogens with zero attached hydrogens (tertiary/aromatic N) is 1. The highest BCUT2D eigenvalue weighted by Crippen LogP contribution is 2.32. The lowest BCUT2D eigenvalue weighted by molar-refractivity contribution is -0.134. The Hall–Kier alpha value is -2.51. The van der Waals surface area contributed by atoms with Gasteiger partial charge in [0.05, 0.1) is 22.9 Å². The maximum absolute atomic E-state index is 12.8. The minimum absolute atomic E-state index is 0.166. The van der Waals surface area contributed by atoms with E-state index in [1.807, 2.05) is 0 Å². The van der Waals surface area contributed by atoms with Gasteiger partial charge in [-0.15, -0.1) is 0 Å². The summed E-state index contributed by atoms with van der Waals surface area (Å²) in [6.07, 6.45) is 1.49. The van der Waals surface area contributed by atoms with E-state index < -0.39 is 29.9 Å². The van der Waals surface area contributed by atoms with Crippen LogP contribution < -0.4 is 10.6 Å². The second kappa shape index (κ2) is 7.01. The molecule has 7 nitrogen and oxygen atoms in total. The van der Waals surface area contributed by atoms with E-state index in [9.17, 15) is 14.4 Å². The van der Waals surface area contributed by atoms with Crippen LogP contribution in [-0.2, 0) is 21.7 Å². The van der Waals surface area contributed by atoms with Gasteiger partial charge in [0.15, 0.2) is 0 Å². The van der Waals surface area contributed by atoms with Crippen LogP contribution in [0.3, 0.4) is 0 Å². The van der Waals surface area contributed by atoms with Crippen LogP contribution >= 0.6 is 23.2 Å². The molecule has 1 aliphatic rings. The largest absolute Gasteiger partial charge is 0.467 e. The van der Waals surface area contributed by atoms with Gasteiger partial charge in [-0.3, -0.25) is 14.5 Å². The van der Waals surface area contributed by atoms with E-state index in [-0.39, 0.29) is 11.6 Å². The number of benzene rings is 1. The number of imide groups is 1. The number of nitrogens with one attached hydrogen (secondary N) is 2. The van der Waals surface area contributed by atoms with Crippen LogP contribution in [0.15, 0.2) is 41.0 Å². The molecule has 1 fully saturated rings. The average molecular weight is 396 g/mol. The molecular weight excluding hydrogens is 381 g/mol. The summed E-state index contributed by atoms with van der Waals surface area (Å²) < 4.78 is 5.11. The standard InChI is InChI=1S/C17H15Cl2N3O4/c1-17(10-4-5-12(18)13(19)7-10)15(24)22(16(25)21-17)9-14(23)20-8-11-3-2-6-26-11/h2-7H,8-9H2,1H3,(H,20,23)(H,21,25)/t17-/m1/s1. The third kappa shape index (κ3) is 3.40. The molecule has 1 aromatic carbocycles. The van der Waals surface area contributed by atoms with E-state index in [2.05, 4.69) is 10.6 Å². The SMILES string of the molecule is C[C@]1(c2ccc(Cl)c(Cl)c2)NC(=O)N(CC(=O)NCc2ccco2)C1=O. The van der Waals surface area contributed by atoms with Gasteiger partial charge in [0, 0.05) is 0 Å². The fourth-order valence-corrected chi connectivity index (χ4v) is 2.94. The quantitative estimate of drug-likeness (QED) is 0.761. The van der Waals surface area contributed by atoms with E-state index in [0.717, 1.165) is 4.90 Å². The number of rotatable bonds is 5. The Kier molecular flexibility index (Phi) is 4.93. The first-order chi connectivity index (χ1) is 12.3. The zero-order valence-electron chi connectivity index (χ0n) is 13.7. The van der Waals surface area contributed by atoms with Crippen LogP contribution in [-0.4, -0.2) is 29.3 Å². The monoisotopic (exact) mass is 395 g/mol. The summed E-state index contributed by atoms with van der Waals surface area (Å²) in [6.45, 7) is 1.31. The predicted molar refractivity (Wildman–Crippen MR) is 94.6 cm³/mol. The number of hydrogen-bond donors (Lipinski definition) is 2. The van der Waals surface area contributed by atoms with Gasteiger partial charge in [0.25, 0.3) is 5.91 Å². The smallest absolute Gasteiger partial charge is 0.325 e. The number of halogens is 2. The molecule has 0 radical (unpaired) electrons. The molecule has 2 aromatic rings. The molecule has 0 bridgehead atoms. The van der Waals surface area contributed by atoms with Crippen molar-refractivity contribution in [3.8, 4) is 0 Å². The molecule has 0 aliphatic carbocycles. The van der Waals surface area contributed by atoms with Crippen molar-refractivity contribution in [2.45, 2.75) is 19.0 Å². The maximum atomic E-state index is 12.8. The molecule has 0 spiro atoms. The highest BCUT2D eigenvalue weighted by molar-refractivity contribution is 6.42.